The molecule has 4 rings (SSSR count). The van der Waals surface area contributed by atoms with Crippen molar-refractivity contribution in [2.45, 2.75) is 32.2 Å². The molecule has 148 valence electrons. The van der Waals surface area contributed by atoms with E-state index in [0.717, 1.165) is 43.1 Å². The molecule has 2 aliphatic rings. The van der Waals surface area contributed by atoms with Gasteiger partial charge in [-0.25, -0.2) is 0 Å². The van der Waals surface area contributed by atoms with Crippen LogP contribution in [0.2, 0.25) is 0 Å². The predicted molar refractivity (Wildman–Crippen MR) is 109 cm³/mol. The number of aryl methyl sites for hydroxylation is 2. The van der Waals surface area contributed by atoms with Crippen LogP contribution in [0.15, 0.2) is 42.5 Å². The van der Waals surface area contributed by atoms with Gasteiger partial charge in [0, 0.05) is 26.1 Å². The summed E-state index contributed by atoms with van der Waals surface area (Å²) in [7, 11) is 0. The van der Waals surface area contributed by atoms with Gasteiger partial charge in [0.05, 0.1) is 6.04 Å². The maximum atomic E-state index is 13.0. The van der Waals surface area contributed by atoms with Crippen LogP contribution in [0.1, 0.15) is 36.1 Å². The quantitative estimate of drug-likeness (QED) is 0.866. The lowest BCUT2D eigenvalue weighted by molar-refractivity contribution is -0.134. The van der Waals surface area contributed by atoms with E-state index in [0.29, 0.717) is 26.1 Å². The van der Waals surface area contributed by atoms with Gasteiger partial charge in [-0.05, 0) is 41.7 Å². The molecule has 1 unspecified atom stereocenters. The molecule has 0 spiro atoms. The van der Waals surface area contributed by atoms with Crippen LogP contribution in [-0.4, -0.2) is 43.7 Å². The standard InChI is InChI=1S/C23H28N2O3/c1-2-17-3-7-19(8-4-17)20-16-24-11-12-25(20)23(26)10-6-18-5-9-21-22(15-18)28-14-13-27-21/h3-5,7-9,15,20,24H,2,6,10-14,16H2,1H3. The number of piperazine rings is 1. The summed E-state index contributed by atoms with van der Waals surface area (Å²) in [5, 5.41) is 3.43. The molecule has 0 saturated carbocycles. The fourth-order valence-electron chi connectivity index (χ4n) is 3.91. The van der Waals surface area contributed by atoms with Crippen LogP contribution in [0, 0.1) is 0 Å². The summed E-state index contributed by atoms with van der Waals surface area (Å²) < 4.78 is 11.2. The van der Waals surface area contributed by atoms with Crippen molar-refractivity contribution < 1.29 is 14.3 Å². The summed E-state index contributed by atoms with van der Waals surface area (Å²) in [6, 6.07) is 14.7. The molecule has 1 saturated heterocycles. The van der Waals surface area contributed by atoms with E-state index in [-0.39, 0.29) is 11.9 Å². The van der Waals surface area contributed by atoms with Crippen LogP contribution < -0.4 is 14.8 Å². The summed E-state index contributed by atoms with van der Waals surface area (Å²) in [4.78, 5) is 15.0. The van der Waals surface area contributed by atoms with Gasteiger partial charge >= 0.3 is 0 Å². The van der Waals surface area contributed by atoms with Gasteiger partial charge in [-0.15, -0.1) is 0 Å². The van der Waals surface area contributed by atoms with Crippen LogP contribution in [-0.2, 0) is 17.6 Å². The Hall–Kier alpha value is -2.53. The van der Waals surface area contributed by atoms with Gasteiger partial charge in [-0.2, -0.15) is 0 Å². The monoisotopic (exact) mass is 380 g/mol. The van der Waals surface area contributed by atoms with Crippen molar-refractivity contribution in [1.82, 2.24) is 10.2 Å². The zero-order valence-electron chi connectivity index (χ0n) is 16.4. The maximum absolute atomic E-state index is 13.0. The molecule has 1 fully saturated rings. The van der Waals surface area contributed by atoms with E-state index in [1.54, 1.807) is 0 Å². The molecule has 1 atom stereocenters. The van der Waals surface area contributed by atoms with Crippen LogP contribution in [0.4, 0.5) is 0 Å². The average molecular weight is 380 g/mol. The molecular weight excluding hydrogens is 352 g/mol. The minimum atomic E-state index is 0.104. The SMILES string of the molecule is CCc1ccc(C2CNCCN2C(=O)CCc2ccc3c(c2)OCCO3)cc1. The number of hydrogen-bond acceptors (Lipinski definition) is 4. The Balaban J connectivity index is 1.42. The first-order chi connectivity index (χ1) is 13.7. The lowest BCUT2D eigenvalue weighted by Gasteiger charge is -2.37. The number of fused-ring (bicyclic) bond motifs is 1. The lowest BCUT2D eigenvalue weighted by Crippen LogP contribution is -2.48. The molecule has 1 amide bonds. The highest BCUT2D eigenvalue weighted by Crippen LogP contribution is 2.31. The molecular formula is C23H28N2O3. The number of nitrogens with one attached hydrogen (secondary N) is 1. The Kier molecular flexibility index (Phi) is 5.81. The molecule has 2 heterocycles. The molecule has 0 bridgehead atoms. The Morgan fingerprint density at radius 2 is 1.82 bits per heavy atom. The van der Waals surface area contributed by atoms with Gasteiger partial charge in [0.2, 0.25) is 5.91 Å². The summed E-state index contributed by atoms with van der Waals surface area (Å²) in [6.45, 7) is 5.73. The molecule has 2 aliphatic heterocycles. The summed E-state index contributed by atoms with van der Waals surface area (Å²) in [6.07, 6.45) is 2.24. The molecule has 0 aromatic heterocycles. The molecule has 2 aromatic rings. The number of hydrogen-bond donors (Lipinski definition) is 1. The highest BCUT2D eigenvalue weighted by Gasteiger charge is 2.27. The highest BCUT2D eigenvalue weighted by atomic mass is 16.6. The second kappa shape index (κ2) is 8.65. The first kappa shape index (κ1) is 18.8. The zero-order valence-corrected chi connectivity index (χ0v) is 16.4. The van der Waals surface area contributed by atoms with E-state index in [1.807, 2.05) is 23.1 Å². The zero-order chi connectivity index (χ0) is 19.3. The van der Waals surface area contributed by atoms with Gasteiger partial charge in [0.1, 0.15) is 13.2 Å². The van der Waals surface area contributed by atoms with Gasteiger partial charge in [0.25, 0.3) is 0 Å². The third-order valence-corrected chi connectivity index (χ3v) is 5.57. The molecule has 5 heteroatoms. The summed E-state index contributed by atoms with van der Waals surface area (Å²) in [5.74, 6) is 1.78. The van der Waals surface area contributed by atoms with Crippen molar-refractivity contribution in [2.75, 3.05) is 32.8 Å². The number of benzene rings is 2. The Morgan fingerprint density at radius 1 is 1.07 bits per heavy atom. The van der Waals surface area contributed by atoms with Crippen molar-refractivity contribution >= 4 is 5.91 Å². The molecule has 0 radical (unpaired) electrons. The van der Waals surface area contributed by atoms with Gasteiger partial charge in [0.15, 0.2) is 11.5 Å². The number of ether oxygens (including phenoxy) is 2. The number of carbonyl (C=O) groups excluding carboxylic acids is 1. The Bertz CT molecular complexity index is 819. The van der Waals surface area contributed by atoms with Crippen LogP contribution in [0.5, 0.6) is 11.5 Å². The van der Waals surface area contributed by atoms with E-state index < -0.39 is 0 Å². The molecule has 1 N–H and O–H groups in total. The van der Waals surface area contributed by atoms with Gasteiger partial charge in [-0.1, -0.05) is 37.3 Å². The van der Waals surface area contributed by atoms with E-state index in [2.05, 4.69) is 36.5 Å². The predicted octanol–water partition coefficient (Wildman–Crippen LogP) is 3.13. The summed E-state index contributed by atoms with van der Waals surface area (Å²) in [5.41, 5.74) is 3.64. The molecule has 28 heavy (non-hydrogen) atoms. The van der Waals surface area contributed by atoms with Crippen molar-refractivity contribution in [3.05, 3.63) is 59.2 Å². The lowest BCUT2D eigenvalue weighted by atomic mass is 10.00. The molecule has 5 nitrogen and oxygen atoms in total. The minimum Gasteiger partial charge on any atom is -0.486 e. The smallest absolute Gasteiger partial charge is 0.223 e. The topological polar surface area (TPSA) is 50.8 Å². The normalized spacial score (nSPS) is 18.8. The molecule has 2 aromatic carbocycles. The van der Waals surface area contributed by atoms with E-state index in [1.165, 1.54) is 11.1 Å². The van der Waals surface area contributed by atoms with Crippen molar-refractivity contribution in [1.29, 1.82) is 0 Å². The van der Waals surface area contributed by atoms with E-state index >= 15 is 0 Å². The first-order valence-corrected chi connectivity index (χ1v) is 10.2. The minimum absolute atomic E-state index is 0.104. The van der Waals surface area contributed by atoms with E-state index in [4.69, 9.17) is 9.47 Å². The van der Waals surface area contributed by atoms with Crippen LogP contribution >= 0.6 is 0 Å². The van der Waals surface area contributed by atoms with Crippen molar-refractivity contribution in [3.63, 3.8) is 0 Å². The van der Waals surface area contributed by atoms with Crippen LogP contribution in [0.25, 0.3) is 0 Å². The molecule has 0 aliphatic carbocycles. The maximum Gasteiger partial charge on any atom is 0.223 e. The Labute approximate surface area is 166 Å². The van der Waals surface area contributed by atoms with Crippen LogP contribution in [0.3, 0.4) is 0 Å². The number of rotatable bonds is 5. The Morgan fingerprint density at radius 3 is 2.61 bits per heavy atom. The third-order valence-electron chi connectivity index (χ3n) is 5.57. The fourth-order valence-corrected chi connectivity index (χ4v) is 3.91. The number of carbonyl (C=O) groups is 1. The number of nitrogens with zero attached hydrogens (tertiary/aromatic N) is 1. The fraction of sp³-hybridized carbons (Fsp3) is 0.435. The van der Waals surface area contributed by atoms with Gasteiger partial charge in [-0.3, -0.25) is 4.79 Å². The van der Waals surface area contributed by atoms with Crippen molar-refractivity contribution in [3.8, 4) is 11.5 Å². The van der Waals surface area contributed by atoms with Gasteiger partial charge < -0.3 is 19.7 Å². The second-order valence-electron chi connectivity index (χ2n) is 7.38. The first-order valence-electron chi connectivity index (χ1n) is 10.2. The largest absolute Gasteiger partial charge is 0.486 e. The van der Waals surface area contributed by atoms with E-state index in [9.17, 15) is 4.79 Å². The second-order valence-corrected chi connectivity index (χ2v) is 7.38. The summed E-state index contributed by atoms with van der Waals surface area (Å²) >= 11 is 0. The third kappa shape index (κ3) is 4.14. The number of amides is 1. The van der Waals surface area contributed by atoms with Crippen molar-refractivity contribution in [2.24, 2.45) is 0 Å². The highest BCUT2D eigenvalue weighted by molar-refractivity contribution is 5.77. The average Bonchev–Trinajstić information content (AvgIpc) is 2.77.